The maximum absolute atomic E-state index is 13.2. The Kier molecular flexibility index (Phi) is 8.93. The second-order valence-corrected chi connectivity index (χ2v) is 11.0. The minimum Gasteiger partial charge on any atom is -0.497 e. The molecule has 1 aromatic heterocycles. The SMILES string of the molecule is COCCN(CC(=O)N1CCN(c2ccc(-c3cccc(OC)c3)nn2)CC1)S(=O)(=O)c1ccc(C)cc1. The number of aryl methyl sites for hydroxylation is 1. The normalized spacial score (nSPS) is 14.1. The van der Waals surface area contributed by atoms with E-state index in [0.29, 0.717) is 26.2 Å². The van der Waals surface area contributed by atoms with Crippen molar-refractivity contribution in [3.63, 3.8) is 0 Å². The number of carbonyl (C=O) groups is 1. The van der Waals surface area contributed by atoms with E-state index in [9.17, 15) is 13.2 Å². The molecule has 1 saturated heterocycles. The third-order valence-electron chi connectivity index (χ3n) is 6.49. The molecule has 3 aromatic rings. The number of amides is 1. The topological polar surface area (TPSA) is 105 Å². The average Bonchev–Trinajstić information content (AvgIpc) is 2.95. The number of hydrogen-bond donors (Lipinski definition) is 0. The molecule has 0 atom stereocenters. The molecule has 0 unspecified atom stereocenters. The van der Waals surface area contributed by atoms with Gasteiger partial charge in [-0.3, -0.25) is 4.79 Å². The van der Waals surface area contributed by atoms with Gasteiger partial charge < -0.3 is 19.3 Å². The zero-order chi connectivity index (χ0) is 27.1. The van der Waals surface area contributed by atoms with Crippen LogP contribution >= 0.6 is 0 Å². The molecule has 1 amide bonds. The molecule has 2 heterocycles. The van der Waals surface area contributed by atoms with Gasteiger partial charge in [0.25, 0.3) is 0 Å². The van der Waals surface area contributed by atoms with E-state index in [1.165, 1.54) is 11.4 Å². The number of anilines is 1. The first-order valence-electron chi connectivity index (χ1n) is 12.4. The molecule has 2 aromatic carbocycles. The standard InChI is InChI=1S/C27H33N5O5S/c1-21-7-9-24(10-8-21)38(34,35)32(17-18-36-2)20-27(33)31-15-13-30(14-16-31)26-12-11-25(28-29-26)22-5-4-6-23(19-22)37-3/h4-12,19H,13-18,20H2,1-3H3. The second kappa shape index (κ2) is 12.3. The van der Waals surface area contributed by atoms with Gasteiger partial charge in [0.05, 0.1) is 30.9 Å². The number of ether oxygens (including phenoxy) is 2. The van der Waals surface area contributed by atoms with E-state index in [4.69, 9.17) is 9.47 Å². The fourth-order valence-electron chi connectivity index (χ4n) is 4.20. The van der Waals surface area contributed by atoms with Crippen molar-refractivity contribution in [3.05, 3.63) is 66.2 Å². The van der Waals surface area contributed by atoms with Crippen LogP contribution in [0, 0.1) is 6.92 Å². The Bertz CT molecular complexity index is 1320. The van der Waals surface area contributed by atoms with E-state index < -0.39 is 10.0 Å². The van der Waals surface area contributed by atoms with E-state index in [1.807, 2.05) is 43.3 Å². The van der Waals surface area contributed by atoms with Gasteiger partial charge in [0.15, 0.2) is 5.82 Å². The summed E-state index contributed by atoms with van der Waals surface area (Å²) in [5, 5.41) is 8.76. The van der Waals surface area contributed by atoms with Crippen LogP contribution in [0.2, 0.25) is 0 Å². The van der Waals surface area contributed by atoms with Crippen molar-refractivity contribution in [2.75, 3.05) is 65.0 Å². The molecular weight excluding hydrogens is 506 g/mol. The number of sulfonamides is 1. The summed E-state index contributed by atoms with van der Waals surface area (Å²) in [4.78, 5) is 17.0. The zero-order valence-corrected chi connectivity index (χ0v) is 22.7. The molecule has 0 radical (unpaired) electrons. The van der Waals surface area contributed by atoms with Gasteiger partial charge in [-0.15, -0.1) is 10.2 Å². The summed E-state index contributed by atoms with van der Waals surface area (Å²) >= 11 is 0. The molecular formula is C27H33N5O5S. The Balaban J connectivity index is 1.37. The van der Waals surface area contributed by atoms with Crippen molar-refractivity contribution in [1.82, 2.24) is 19.4 Å². The van der Waals surface area contributed by atoms with Crippen molar-refractivity contribution >= 4 is 21.7 Å². The summed E-state index contributed by atoms with van der Waals surface area (Å²) < 4.78 is 38.1. The van der Waals surface area contributed by atoms with Crippen LogP contribution in [0.3, 0.4) is 0 Å². The van der Waals surface area contributed by atoms with Crippen molar-refractivity contribution in [2.24, 2.45) is 0 Å². The minimum atomic E-state index is -3.84. The van der Waals surface area contributed by atoms with E-state index in [0.717, 1.165) is 28.4 Å². The maximum Gasteiger partial charge on any atom is 0.243 e. The largest absolute Gasteiger partial charge is 0.497 e. The first-order valence-corrected chi connectivity index (χ1v) is 13.8. The highest BCUT2D eigenvalue weighted by molar-refractivity contribution is 7.89. The lowest BCUT2D eigenvalue weighted by atomic mass is 10.1. The number of aromatic nitrogens is 2. The third kappa shape index (κ3) is 6.47. The van der Waals surface area contributed by atoms with Crippen molar-refractivity contribution in [3.8, 4) is 17.0 Å². The van der Waals surface area contributed by atoms with Crippen LogP contribution in [0.1, 0.15) is 5.56 Å². The van der Waals surface area contributed by atoms with Gasteiger partial charge in [-0.1, -0.05) is 29.8 Å². The highest BCUT2D eigenvalue weighted by Gasteiger charge is 2.30. The fourth-order valence-corrected chi connectivity index (χ4v) is 5.58. The Morgan fingerprint density at radius 1 is 0.974 bits per heavy atom. The number of piperazine rings is 1. The molecule has 1 fully saturated rings. The van der Waals surface area contributed by atoms with Crippen LogP contribution in [0.15, 0.2) is 65.6 Å². The summed E-state index contributed by atoms with van der Waals surface area (Å²) in [6, 6.07) is 18.1. The van der Waals surface area contributed by atoms with Crippen molar-refractivity contribution in [1.29, 1.82) is 0 Å². The van der Waals surface area contributed by atoms with E-state index in [-0.39, 0.29) is 30.5 Å². The summed E-state index contributed by atoms with van der Waals surface area (Å²) in [6.45, 7) is 3.99. The molecule has 1 aliphatic heterocycles. The van der Waals surface area contributed by atoms with Gasteiger partial charge in [-0.25, -0.2) is 8.42 Å². The first-order chi connectivity index (χ1) is 18.3. The van der Waals surface area contributed by atoms with Crippen LogP contribution in [-0.4, -0.2) is 93.8 Å². The van der Waals surface area contributed by atoms with Gasteiger partial charge in [0.1, 0.15) is 5.75 Å². The van der Waals surface area contributed by atoms with Gasteiger partial charge in [0.2, 0.25) is 15.9 Å². The maximum atomic E-state index is 13.2. The Morgan fingerprint density at radius 3 is 2.34 bits per heavy atom. The van der Waals surface area contributed by atoms with E-state index in [1.54, 1.807) is 36.3 Å². The first kappa shape index (κ1) is 27.5. The van der Waals surface area contributed by atoms with E-state index in [2.05, 4.69) is 15.1 Å². The fraction of sp³-hybridized carbons (Fsp3) is 0.370. The van der Waals surface area contributed by atoms with Gasteiger partial charge in [-0.05, 0) is 43.3 Å². The summed E-state index contributed by atoms with van der Waals surface area (Å²) in [6.07, 6.45) is 0. The highest BCUT2D eigenvalue weighted by Crippen LogP contribution is 2.23. The molecule has 10 nitrogen and oxygen atoms in total. The van der Waals surface area contributed by atoms with E-state index >= 15 is 0 Å². The minimum absolute atomic E-state index is 0.0909. The monoisotopic (exact) mass is 539 g/mol. The predicted octanol–water partition coefficient (Wildman–Crippen LogP) is 2.45. The summed E-state index contributed by atoms with van der Waals surface area (Å²) in [5.41, 5.74) is 2.62. The molecule has 4 rings (SSSR count). The van der Waals surface area contributed by atoms with Crippen LogP contribution in [0.5, 0.6) is 5.75 Å². The van der Waals surface area contributed by atoms with Crippen LogP contribution in [0.25, 0.3) is 11.3 Å². The van der Waals surface area contributed by atoms with Gasteiger partial charge >= 0.3 is 0 Å². The smallest absolute Gasteiger partial charge is 0.243 e. The number of carbonyl (C=O) groups excluding carboxylic acids is 1. The molecule has 0 N–H and O–H groups in total. The summed E-state index contributed by atoms with van der Waals surface area (Å²) in [7, 11) is -0.713. The molecule has 0 saturated carbocycles. The van der Waals surface area contributed by atoms with Crippen LogP contribution in [0.4, 0.5) is 5.82 Å². The van der Waals surface area contributed by atoms with Gasteiger partial charge in [0, 0.05) is 45.4 Å². The second-order valence-electron chi connectivity index (χ2n) is 9.02. The number of hydrogen-bond acceptors (Lipinski definition) is 8. The zero-order valence-electron chi connectivity index (χ0n) is 21.9. The molecule has 0 bridgehead atoms. The Labute approximate surface area is 223 Å². The lowest BCUT2D eigenvalue weighted by molar-refractivity contribution is -0.131. The number of nitrogens with zero attached hydrogens (tertiary/aromatic N) is 5. The molecule has 0 aliphatic carbocycles. The average molecular weight is 540 g/mol. The number of methoxy groups -OCH3 is 2. The quantitative estimate of drug-likeness (QED) is 0.387. The lowest BCUT2D eigenvalue weighted by Gasteiger charge is -2.36. The lowest BCUT2D eigenvalue weighted by Crippen LogP contribution is -2.52. The van der Waals surface area contributed by atoms with Crippen molar-refractivity contribution in [2.45, 2.75) is 11.8 Å². The van der Waals surface area contributed by atoms with Crippen LogP contribution in [-0.2, 0) is 19.6 Å². The Morgan fingerprint density at radius 2 is 1.71 bits per heavy atom. The number of benzene rings is 2. The molecule has 1 aliphatic rings. The molecule has 202 valence electrons. The van der Waals surface area contributed by atoms with Gasteiger partial charge in [-0.2, -0.15) is 4.31 Å². The van der Waals surface area contributed by atoms with Crippen LogP contribution < -0.4 is 9.64 Å². The predicted molar refractivity (Wildman–Crippen MR) is 145 cm³/mol. The highest BCUT2D eigenvalue weighted by atomic mass is 32.2. The molecule has 11 heteroatoms. The summed E-state index contributed by atoms with van der Waals surface area (Å²) in [5.74, 6) is 1.24. The Hall–Kier alpha value is -3.54. The van der Waals surface area contributed by atoms with Crippen molar-refractivity contribution < 1.29 is 22.7 Å². The molecule has 0 spiro atoms. The number of rotatable bonds is 10. The third-order valence-corrected chi connectivity index (χ3v) is 8.35. The molecule has 38 heavy (non-hydrogen) atoms.